The lowest BCUT2D eigenvalue weighted by molar-refractivity contribution is -0.117. The van der Waals surface area contributed by atoms with Gasteiger partial charge >= 0.3 is 0 Å². The van der Waals surface area contributed by atoms with Gasteiger partial charge in [0.05, 0.1) is 23.4 Å². The van der Waals surface area contributed by atoms with E-state index < -0.39 is 17.8 Å². The highest BCUT2D eigenvalue weighted by Crippen LogP contribution is 2.16. The van der Waals surface area contributed by atoms with Crippen molar-refractivity contribution in [1.82, 2.24) is 0 Å². The fraction of sp³-hybridized carbons (Fsp3) is 0.385. The molecule has 0 radical (unpaired) electrons. The third kappa shape index (κ3) is 3.82. The lowest BCUT2D eigenvalue weighted by atomic mass is 10.0. The molecule has 0 aliphatic rings. The number of benzene rings is 1. The SMILES string of the molecule is CC(C)C[C@@H](N)C(=O)Nc1ccc(C#N)cc1F. The van der Waals surface area contributed by atoms with Crippen LogP contribution in [0.25, 0.3) is 0 Å². The normalized spacial score (nSPS) is 12.0. The first-order valence-corrected chi connectivity index (χ1v) is 5.70. The Morgan fingerprint density at radius 2 is 2.22 bits per heavy atom. The second-order valence-corrected chi connectivity index (χ2v) is 4.53. The zero-order chi connectivity index (χ0) is 13.7. The molecule has 5 heteroatoms. The summed E-state index contributed by atoms with van der Waals surface area (Å²) in [6, 6.07) is 5.02. The molecule has 0 aliphatic heterocycles. The van der Waals surface area contributed by atoms with E-state index in [1.165, 1.54) is 12.1 Å². The number of hydrogen-bond donors (Lipinski definition) is 2. The van der Waals surface area contributed by atoms with Crippen LogP contribution >= 0.6 is 0 Å². The number of nitriles is 1. The predicted octanol–water partition coefficient (Wildman–Crippen LogP) is 2.01. The smallest absolute Gasteiger partial charge is 0.241 e. The Balaban J connectivity index is 2.73. The van der Waals surface area contributed by atoms with Crippen LogP contribution in [-0.2, 0) is 4.79 Å². The Bertz CT molecular complexity index is 480. The van der Waals surface area contributed by atoms with Crippen LogP contribution in [0, 0.1) is 23.1 Å². The first-order chi connectivity index (χ1) is 8.43. The number of carbonyl (C=O) groups is 1. The molecule has 0 heterocycles. The molecule has 0 unspecified atom stereocenters. The highest BCUT2D eigenvalue weighted by atomic mass is 19.1. The molecule has 1 aromatic rings. The van der Waals surface area contributed by atoms with E-state index in [2.05, 4.69) is 5.32 Å². The molecule has 0 fully saturated rings. The van der Waals surface area contributed by atoms with Gasteiger partial charge < -0.3 is 11.1 Å². The van der Waals surface area contributed by atoms with Gasteiger partial charge in [0.25, 0.3) is 0 Å². The number of amides is 1. The summed E-state index contributed by atoms with van der Waals surface area (Å²) in [7, 11) is 0. The number of carbonyl (C=O) groups excluding carboxylic acids is 1. The molecule has 96 valence electrons. The number of halogens is 1. The van der Waals surface area contributed by atoms with Crippen molar-refractivity contribution in [3.05, 3.63) is 29.6 Å². The predicted molar refractivity (Wildman–Crippen MR) is 67.2 cm³/mol. The van der Waals surface area contributed by atoms with E-state index in [4.69, 9.17) is 11.0 Å². The van der Waals surface area contributed by atoms with Gasteiger partial charge in [-0.1, -0.05) is 13.8 Å². The molecule has 0 aromatic heterocycles. The lowest BCUT2D eigenvalue weighted by Gasteiger charge is -2.14. The summed E-state index contributed by atoms with van der Waals surface area (Å²) in [5.74, 6) is -0.775. The minimum atomic E-state index is -0.667. The first kappa shape index (κ1) is 14.1. The van der Waals surface area contributed by atoms with E-state index >= 15 is 0 Å². The van der Waals surface area contributed by atoms with Crippen LogP contribution in [0.3, 0.4) is 0 Å². The number of nitrogens with one attached hydrogen (secondary N) is 1. The average molecular weight is 249 g/mol. The molecule has 0 saturated carbocycles. The van der Waals surface area contributed by atoms with Gasteiger partial charge in [0, 0.05) is 0 Å². The summed E-state index contributed by atoms with van der Waals surface area (Å²) in [6.07, 6.45) is 0.531. The third-order valence-electron chi connectivity index (χ3n) is 2.42. The average Bonchev–Trinajstić information content (AvgIpc) is 2.30. The van der Waals surface area contributed by atoms with Crippen LogP contribution in [0.1, 0.15) is 25.8 Å². The van der Waals surface area contributed by atoms with Gasteiger partial charge in [0.2, 0.25) is 5.91 Å². The molecule has 3 N–H and O–H groups in total. The van der Waals surface area contributed by atoms with Gasteiger partial charge in [-0.25, -0.2) is 4.39 Å². The summed E-state index contributed by atoms with van der Waals surface area (Å²) >= 11 is 0. The van der Waals surface area contributed by atoms with E-state index in [0.717, 1.165) is 6.07 Å². The molecule has 1 aromatic carbocycles. The van der Waals surface area contributed by atoms with Crippen molar-refractivity contribution in [3.63, 3.8) is 0 Å². The highest BCUT2D eigenvalue weighted by molar-refractivity contribution is 5.94. The van der Waals surface area contributed by atoms with Gasteiger partial charge in [-0.3, -0.25) is 4.79 Å². The molecular formula is C13H16FN3O. The Morgan fingerprint density at radius 1 is 1.56 bits per heavy atom. The number of hydrogen-bond acceptors (Lipinski definition) is 3. The standard InChI is InChI=1S/C13H16FN3O/c1-8(2)5-11(16)13(18)17-12-4-3-9(7-15)6-10(12)14/h3-4,6,8,11H,5,16H2,1-2H3,(H,17,18)/t11-/m1/s1. The molecule has 0 bridgehead atoms. The van der Waals surface area contributed by atoms with E-state index in [-0.39, 0.29) is 17.2 Å². The van der Waals surface area contributed by atoms with Crippen LogP contribution in [0.4, 0.5) is 10.1 Å². The summed E-state index contributed by atoms with van der Waals surface area (Å²) in [4.78, 5) is 11.7. The topological polar surface area (TPSA) is 78.9 Å². The van der Waals surface area contributed by atoms with Crippen molar-refractivity contribution in [2.75, 3.05) is 5.32 Å². The summed E-state index contributed by atoms with van der Waals surface area (Å²) in [5, 5.41) is 11.0. The van der Waals surface area contributed by atoms with Crippen LogP contribution < -0.4 is 11.1 Å². The van der Waals surface area contributed by atoms with Gasteiger partial charge in [-0.2, -0.15) is 5.26 Å². The molecule has 1 amide bonds. The van der Waals surface area contributed by atoms with Gasteiger partial charge in [-0.05, 0) is 30.5 Å². The van der Waals surface area contributed by atoms with Crippen molar-refractivity contribution >= 4 is 11.6 Å². The lowest BCUT2D eigenvalue weighted by Crippen LogP contribution is -2.36. The summed E-state index contributed by atoms with van der Waals surface area (Å²) in [6.45, 7) is 3.91. The van der Waals surface area contributed by atoms with E-state index in [1.807, 2.05) is 19.9 Å². The molecule has 0 spiro atoms. The second kappa shape index (κ2) is 6.12. The summed E-state index contributed by atoms with van der Waals surface area (Å²) in [5.41, 5.74) is 5.93. The van der Waals surface area contributed by atoms with Crippen molar-refractivity contribution in [1.29, 1.82) is 5.26 Å². The Hall–Kier alpha value is -1.93. The van der Waals surface area contributed by atoms with Crippen LogP contribution in [0.15, 0.2) is 18.2 Å². The fourth-order valence-electron chi connectivity index (χ4n) is 1.53. The molecule has 1 atom stereocenters. The molecule has 1 rings (SSSR count). The van der Waals surface area contributed by atoms with Gasteiger partial charge in [0.15, 0.2) is 0 Å². The molecule has 0 saturated heterocycles. The largest absolute Gasteiger partial charge is 0.322 e. The van der Waals surface area contributed by atoms with Crippen LogP contribution in [0.2, 0.25) is 0 Å². The first-order valence-electron chi connectivity index (χ1n) is 5.70. The molecule has 4 nitrogen and oxygen atoms in total. The van der Waals surface area contributed by atoms with Crippen LogP contribution in [-0.4, -0.2) is 11.9 Å². The maximum atomic E-state index is 13.5. The minimum absolute atomic E-state index is 0.0400. The van der Waals surface area contributed by atoms with E-state index in [9.17, 15) is 9.18 Å². The zero-order valence-electron chi connectivity index (χ0n) is 10.4. The number of anilines is 1. The monoisotopic (exact) mass is 249 g/mol. The molecule has 18 heavy (non-hydrogen) atoms. The Morgan fingerprint density at radius 3 is 2.72 bits per heavy atom. The third-order valence-corrected chi connectivity index (χ3v) is 2.42. The van der Waals surface area contributed by atoms with E-state index in [0.29, 0.717) is 6.42 Å². The molecule has 0 aliphatic carbocycles. The second-order valence-electron chi connectivity index (χ2n) is 4.53. The number of nitrogens with two attached hydrogens (primary N) is 1. The van der Waals surface area contributed by atoms with Crippen molar-refractivity contribution in [3.8, 4) is 6.07 Å². The van der Waals surface area contributed by atoms with E-state index in [1.54, 1.807) is 0 Å². The van der Waals surface area contributed by atoms with Gasteiger partial charge in [0.1, 0.15) is 5.82 Å². The maximum absolute atomic E-state index is 13.5. The van der Waals surface area contributed by atoms with Crippen molar-refractivity contribution in [2.24, 2.45) is 11.7 Å². The summed E-state index contributed by atoms with van der Waals surface area (Å²) < 4.78 is 13.5. The maximum Gasteiger partial charge on any atom is 0.241 e. The van der Waals surface area contributed by atoms with Gasteiger partial charge in [-0.15, -0.1) is 0 Å². The van der Waals surface area contributed by atoms with Crippen molar-refractivity contribution in [2.45, 2.75) is 26.3 Å². The number of rotatable bonds is 4. The highest BCUT2D eigenvalue weighted by Gasteiger charge is 2.16. The van der Waals surface area contributed by atoms with Crippen LogP contribution in [0.5, 0.6) is 0 Å². The Kier molecular flexibility index (Phi) is 4.81. The number of nitrogens with zero attached hydrogens (tertiary/aromatic N) is 1. The zero-order valence-corrected chi connectivity index (χ0v) is 10.4. The Labute approximate surface area is 106 Å². The van der Waals surface area contributed by atoms with Crippen molar-refractivity contribution < 1.29 is 9.18 Å². The quantitative estimate of drug-likeness (QED) is 0.856. The minimum Gasteiger partial charge on any atom is -0.322 e. The molecular weight excluding hydrogens is 233 g/mol. The fourth-order valence-corrected chi connectivity index (χ4v) is 1.53.